The van der Waals surface area contributed by atoms with Crippen LogP contribution >= 0.6 is 0 Å². The molecule has 0 unspecified atom stereocenters. The lowest BCUT2D eigenvalue weighted by atomic mass is 10.2. The van der Waals surface area contributed by atoms with Gasteiger partial charge in [-0.15, -0.1) is 5.11 Å². The Morgan fingerprint density at radius 1 is 0.636 bits per heavy atom. The molecule has 0 heterocycles. The standard InChI is InChI=1S/C16H18N2O4/c1-19-12-7-5-11(6-8-12)17-18-15-13(20-2)9-10-14(21-3)16(15)22-4/h5-10H,1-4H3. The summed E-state index contributed by atoms with van der Waals surface area (Å²) in [7, 11) is 6.29. The third-order valence-electron chi connectivity index (χ3n) is 3.04. The van der Waals surface area contributed by atoms with Crippen molar-refractivity contribution in [2.75, 3.05) is 28.4 Å². The third-order valence-corrected chi connectivity index (χ3v) is 3.04. The molecule has 0 saturated carbocycles. The topological polar surface area (TPSA) is 61.6 Å². The number of benzene rings is 2. The maximum atomic E-state index is 5.36. The van der Waals surface area contributed by atoms with Gasteiger partial charge >= 0.3 is 0 Å². The SMILES string of the molecule is COc1ccc(N=Nc2c(OC)ccc(OC)c2OC)cc1. The fraction of sp³-hybridized carbons (Fsp3) is 0.250. The molecule has 0 bridgehead atoms. The van der Waals surface area contributed by atoms with E-state index in [1.54, 1.807) is 40.6 Å². The van der Waals surface area contributed by atoms with Gasteiger partial charge in [0.05, 0.1) is 34.1 Å². The van der Waals surface area contributed by atoms with Gasteiger partial charge in [0.15, 0.2) is 22.9 Å². The van der Waals surface area contributed by atoms with Crippen LogP contribution in [0, 0.1) is 0 Å². The van der Waals surface area contributed by atoms with E-state index in [0.29, 0.717) is 28.6 Å². The molecule has 116 valence electrons. The molecule has 0 aliphatic carbocycles. The van der Waals surface area contributed by atoms with Crippen molar-refractivity contribution < 1.29 is 18.9 Å². The summed E-state index contributed by atoms with van der Waals surface area (Å²) in [5, 5.41) is 8.43. The number of azo groups is 1. The minimum atomic E-state index is 0.471. The van der Waals surface area contributed by atoms with Gasteiger partial charge in [0, 0.05) is 0 Å². The summed E-state index contributed by atoms with van der Waals surface area (Å²) < 4.78 is 21.0. The number of hydrogen-bond acceptors (Lipinski definition) is 6. The van der Waals surface area contributed by atoms with Crippen molar-refractivity contribution in [3.8, 4) is 23.0 Å². The number of nitrogens with zero attached hydrogens (tertiary/aromatic N) is 2. The van der Waals surface area contributed by atoms with E-state index in [1.165, 1.54) is 0 Å². The summed E-state index contributed by atoms with van der Waals surface area (Å²) in [4.78, 5) is 0. The van der Waals surface area contributed by atoms with E-state index in [4.69, 9.17) is 18.9 Å². The highest BCUT2D eigenvalue weighted by Gasteiger charge is 2.15. The van der Waals surface area contributed by atoms with E-state index >= 15 is 0 Å². The molecule has 0 saturated heterocycles. The van der Waals surface area contributed by atoms with Gasteiger partial charge in [0.2, 0.25) is 0 Å². The van der Waals surface area contributed by atoms with Crippen molar-refractivity contribution >= 4 is 11.4 Å². The van der Waals surface area contributed by atoms with Crippen molar-refractivity contribution in [2.45, 2.75) is 0 Å². The lowest BCUT2D eigenvalue weighted by Crippen LogP contribution is -1.93. The fourth-order valence-corrected chi connectivity index (χ4v) is 1.91. The molecule has 0 radical (unpaired) electrons. The second-order valence-corrected chi connectivity index (χ2v) is 4.25. The Morgan fingerprint density at radius 2 is 1.27 bits per heavy atom. The zero-order valence-electron chi connectivity index (χ0n) is 13.0. The van der Waals surface area contributed by atoms with Gasteiger partial charge in [-0.2, -0.15) is 5.11 Å². The minimum Gasteiger partial charge on any atom is -0.497 e. The minimum absolute atomic E-state index is 0.471. The Balaban J connectivity index is 2.39. The van der Waals surface area contributed by atoms with Crippen molar-refractivity contribution in [3.05, 3.63) is 36.4 Å². The van der Waals surface area contributed by atoms with E-state index in [9.17, 15) is 0 Å². The summed E-state index contributed by atoms with van der Waals surface area (Å²) in [6, 6.07) is 10.7. The van der Waals surface area contributed by atoms with E-state index in [0.717, 1.165) is 5.75 Å². The Morgan fingerprint density at radius 3 is 1.82 bits per heavy atom. The first-order chi connectivity index (χ1) is 10.7. The van der Waals surface area contributed by atoms with E-state index in [1.807, 2.05) is 24.3 Å². The first kappa shape index (κ1) is 15.6. The average Bonchev–Trinajstić information content (AvgIpc) is 2.59. The van der Waals surface area contributed by atoms with E-state index in [-0.39, 0.29) is 0 Å². The van der Waals surface area contributed by atoms with Crippen LogP contribution in [-0.4, -0.2) is 28.4 Å². The van der Waals surface area contributed by atoms with Crippen LogP contribution in [0.25, 0.3) is 0 Å². The molecule has 0 aliphatic heterocycles. The van der Waals surface area contributed by atoms with Crippen LogP contribution in [0.2, 0.25) is 0 Å². The largest absolute Gasteiger partial charge is 0.497 e. The average molecular weight is 302 g/mol. The number of methoxy groups -OCH3 is 4. The first-order valence-corrected chi connectivity index (χ1v) is 6.58. The smallest absolute Gasteiger partial charge is 0.192 e. The van der Waals surface area contributed by atoms with Crippen molar-refractivity contribution in [1.29, 1.82) is 0 Å². The molecule has 0 fully saturated rings. The van der Waals surface area contributed by atoms with E-state index in [2.05, 4.69) is 10.2 Å². The maximum Gasteiger partial charge on any atom is 0.192 e. The lowest BCUT2D eigenvalue weighted by molar-refractivity contribution is 0.350. The summed E-state index contributed by atoms with van der Waals surface area (Å²) in [5.74, 6) is 2.34. The zero-order chi connectivity index (χ0) is 15.9. The van der Waals surface area contributed by atoms with Crippen molar-refractivity contribution in [3.63, 3.8) is 0 Å². The van der Waals surface area contributed by atoms with Gasteiger partial charge in [-0.25, -0.2) is 0 Å². The quantitative estimate of drug-likeness (QED) is 0.752. The zero-order valence-corrected chi connectivity index (χ0v) is 13.0. The molecule has 0 amide bonds. The van der Waals surface area contributed by atoms with Crippen molar-refractivity contribution in [2.24, 2.45) is 10.2 Å². The molecule has 22 heavy (non-hydrogen) atoms. The van der Waals surface area contributed by atoms with Crippen LogP contribution in [0.5, 0.6) is 23.0 Å². The molecule has 2 aromatic carbocycles. The predicted molar refractivity (Wildman–Crippen MR) is 83.3 cm³/mol. The molecule has 2 rings (SSSR count). The van der Waals surface area contributed by atoms with Gasteiger partial charge in [0.1, 0.15) is 5.75 Å². The molecule has 0 atom stereocenters. The highest BCUT2D eigenvalue weighted by atomic mass is 16.5. The summed E-state index contributed by atoms with van der Waals surface area (Å²) in [6.07, 6.45) is 0. The molecule has 0 aromatic heterocycles. The molecule has 2 aromatic rings. The molecule has 6 nitrogen and oxygen atoms in total. The molecule has 0 spiro atoms. The summed E-state index contributed by atoms with van der Waals surface area (Å²) in [5.41, 5.74) is 1.16. The number of ether oxygens (including phenoxy) is 4. The summed E-state index contributed by atoms with van der Waals surface area (Å²) in [6.45, 7) is 0. The summed E-state index contributed by atoms with van der Waals surface area (Å²) >= 11 is 0. The maximum absolute atomic E-state index is 5.36. The highest BCUT2D eigenvalue weighted by Crippen LogP contribution is 2.44. The highest BCUT2D eigenvalue weighted by molar-refractivity contribution is 5.67. The molecule has 0 aliphatic rings. The van der Waals surface area contributed by atoms with Crippen LogP contribution in [0.1, 0.15) is 0 Å². The Labute approximate surface area is 129 Å². The lowest BCUT2D eigenvalue weighted by Gasteiger charge is -2.12. The Kier molecular flexibility index (Phi) is 5.19. The van der Waals surface area contributed by atoms with Gasteiger partial charge < -0.3 is 18.9 Å². The molecule has 6 heteroatoms. The molecular formula is C16H18N2O4. The Bertz CT molecular complexity index is 654. The van der Waals surface area contributed by atoms with Crippen LogP contribution < -0.4 is 18.9 Å². The fourth-order valence-electron chi connectivity index (χ4n) is 1.91. The van der Waals surface area contributed by atoms with Gasteiger partial charge in [-0.3, -0.25) is 0 Å². The van der Waals surface area contributed by atoms with Crippen molar-refractivity contribution in [1.82, 2.24) is 0 Å². The van der Waals surface area contributed by atoms with Crippen LogP contribution in [0.4, 0.5) is 11.4 Å². The van der Waals surface area contributed by atoms with Crippen LogP contribution in [0.15, 0.2) is 46.6 Å². The Hall–Kier alpha value is -2.76. The van der Waals surface area contributed by atoms with Gasteiger partial charge in [0.25, 0.3) is 0 Å². The second kappa shape index (κ2) is 7.31. The second-order valence-electron chi connectivity index (χ2n) is 4.25. The number of hydrogen-bond donors (Lipinski definition) is 0. The first-order valence-electron chi connectivity index (χ1n) is 6.58. The molecular weight excluding hydrogens is 284 g/mol. The van der Waals surface area contributed by atoms with Gasteiger partial charge in [-0.1, -0.05) is 0 Å². The van der Waals surface area contributed by atoms with Gasteiger partial charge in [-0.05, 0) is 36.4 Å². The normalized spacial score (nSPS) is 10.5. The number of rotatable bonds is 6. The molecule has 0 N–H and O–H groups in total. The van der Waals surface area contributed by atoms with Crippen LogP contribution in [0.3, 0.4) is 0 Å². The predicted octanol–water partition coefficient (Wildman–Crippen LogP) is 4.14. The third kappa shape index (κ3) is 3.28. The van der Waals surface area contributed by atoms with Crippen LogP contribution in [-0.2, 0) is 0 Å². The van der Waals surface area contributed by atoms with E-state index < -0.39 is 0 Å². The monoisotopic (exact) mass is 302 g/mol.